The van der Waals surface area contributed by atoms with Gasteiger partial charge in [0.05, 0.1) is 0 Å². The average molecular weight is 218 g/mol. The monoisotopic (exact) mass is 218 g/mol. The Bertz CT molecular complexity index is 384. The van der Waals surface area contributed by atoms with E-state index in [2.05, 4.69) is 48.5 Å². The third-order valence-electron chi connectivity index (χ3n) is 3.95. The summed E-state index contributed by atoms with van der Waals surface area (Å²) in [5.41, 5.74) is 9.22. The molecule has 0 atom stereocenters. The first-order chi connectivity index (χ1) is 7.41. The molecule has 0 aliphatic carbocycles. The summed E-state index contributed by atoms with van der Waals surface area (Å²) in [5, 5.41) is 0. The molecule has 0 aliphatic heterocycles. The lowest BCUT2D eigenvalue weighted by atomic mass is 9.82. The predicted octanol–water partition coefficient (Wildman–Crippen LogP) is 5.00. The molecular formula is C16H26. The molecule has 1 rings (SSSR count). The highest BCUT2D eigenvalue weighted by Gasteiger charge is 2.16. The molecular weight excluding hydrogens is 192 g/mol. The Labute approximate surface area is 101 Å². The van der Waals surface area contributed by atoms with E-state index < -0.39 is 0 Å². The maximum Gasteiger partial charge on any atom is -0.0213 e. The fourth-order valence-corrected chi connectivity index (χ4v) is 2.77. The molecule has 1 aromatic rings. The Hall–Kier alpha value is -0.780. The van der Waals surface area contributed by atoms with Gasteiger partial charge in [-0.25, -0.2) is 0 Å². The first kappa shape index (κ1) is 13.3. The highest BCUT2D eigenvalue weighted by Crippen LogP contribution is 2.32. The lowest BCUT2D eigenvalue weighted by Crippen LogP contribution is -2.07. The van der Waals surface area contributed by atoms with Gasteiger partial charge in [-0.05, 0) is 73.4 Å². The summed E-state index contributed by atoms with van der Waals surface area (Å²) in [5.74, 6) is 0.638. The van der Waals surface area contributed by atoms with E-state index in [1.54, 1.807) is 11.1 Å². The van der Waals surface area contributed by atoms with Crippen LogP contribution in [0.4, 0.5) is 0 Å². The van der Waals surface area contributed by atoms with Crippen molar-refractivity contribution in [2.24, 2.45) is 0 Å². The summed E-state index contributed by atoms with van der Waals surface area (Å²) in [4.78, 5) is 0. The van der Waals surface area contributed by atoms with Gasteiger partial charge in [0.2, 0.25) is 0 Å². The van der Waals surface area contributed by atoms with Crippen LogP contribution in [0.1, 0.15) is 66.5 Å². The number of benzene rings is 1. The first-order valence-electron chi connectivity index (χ1n) is 6.50. The molecule has 1 aromatic carbocycles. The molecule has 0 heteroatoms. The van der Waals surface area contributed by atoms with Crippen LogP contribution in [0.15, 0.2) is 0 Å². The van der Waals surface area contributed by atoms with Gasteiger partial charge in [-0.3, -0.25) is 0 Å². The molecule has 90 valence electrons. The molecule has 0 amide bonds. The van der Waals surface area contributed by atoms with Crippen LogP contribution in [-0.2, 0) is 6.42 Å². The van der Waals surface area contributed by atoms with Crippen LogP contribution in [0, 0.1) is 27.7 Å². The van der Waals surface area contributed by atoms with Crippen molar-refractivity contribution >= 4 is 0 Å². The van der Waals surface area contributed by atoms with Crippen LogP contribution in [-0.4, -0.2) is 0 Å². The van der Waals surface area contributed by atoms with Gasteiger partial charge in [0.25, 0.3) is 0 Å². The standard InChI is InChI=1S/C16H26/c1-8-9-15-13(6)11(4)12(5)14(7)16(15)10(2)3/h10H,8-9H2,1-7H3. The van der Waals surface area contributed by atoms with E-state index in [1.165, 1.54) is 35.1 Å². The summed E-state index contributed by atoms with van der Waals surface area (Å²) >= 11 is 0. The van der Waals surface area contributed by atoms with Crippen molar-refractivity contribution in [2.75, 3.05) is 0 Å². The topological polar surface area (TPSA) is 0 Å². The normalized spacial score (nSPS) is 11.2. The third-order valence-corrected chi connectivity index (χ3v) is 3.95. The maximum atomic E-state index is 2.32. The lowest BCUT2D eigenvalue weighted by molar-refractivity contribution is 0.801. The second kappa shape index (κ2) is 5.03. The summed E-state index contributed by atoms with van der Waals surface area (Å²) < 4.78 is 0. The zero-order valence-electron chi connectivity index (χ0n) is 12.0. The van der Waals surface area contributed by atoms with Crippen LogP contribution >= 0.6 is 0 Å². The molecule has 0 aliphatic rings. The van der Waals surface area contributed by atoms with Gasteiger partial charge in [-0.2, -0.15) is 0 Å². The largest absolute Gasteiger partial charge is 0.0651 e. The van der Waals surface area contributed by atoms with Crippen molar-refractivity contribution in [1.82, 2.24) is 0 Å². The van der Waals surface area contributed by atoms with Crippen molar-refractivity contribution in [3.05, 3.63) is 33.4 Å². The highest BCUT2D eigenvalue weighted by atomic mass is 14.2. The minimum atomic E-state index is 0.638. The maximum absolute atomic E-state index is 2.32. The molecule has 0 bridgehead atoms. The molecule has 0 fully saturated rings. The molecule has 0 saturated heterocycles. The Morgan fingerprint density at radius 2 is 1.31 bits per heavy atom. The molecule has 0 spiro atoms. The SMILES string of the molecule is CCCc1c(C)c(C)c(C)c(C)c1C(C)C. The van der Waals surface area contributed by atoms with Crippen LogP contribution in [0.2, 0.25) is 0 Å². The molecule has 0 nitrogen and oxygen atoms in total. The molecule has 16 heavy (non-hydrogen) atoms. The summed E-state index contributed by atoms with van der Waals surface area (Å²) in [6, 6.07) is 0. The smallest absolute Gasteiger partial charge is 0.0213 e. The van der Waals surface area contributed by atoms with E-state index in [0.29, 0.717) is 5.92 Å². The van der Waals surface area contributed by atoms with Crippen molar-refractivity contribution in [1.29, 1.82) is 0 Å². The molecule has 0 saturated carbocycles. The van der Waals surface area contributed by atoms with Gasteiger partial charge >= 0.3 is 0 Å². The molecule has 0 N–H and O–H groups in total. The van der Waals surface area contributed by atoms with E-state index in [1.807, 2.05) is 0 Å². The second-order valence-corrected chi connectivity index (χ2v) is 5.30. The van der Waals surface area contributed by atoms with E-state index in [4.69, 9.17) is 0 Å². The van der Waals surface area contributed by atoms with Gasteiger partial charge in [-0.1, -0.05) is 27.2 Å². The number of rotatable bonds is 3. The third kappa shape index (κ3) is 2.16. The Balaban J connectivity index is 3.55. The quantitative estimate of drug-likeness (QED) is 0.670. The van der Waals surface area contributed by atoms with Crippen molar-refractivity contribution < 1.29 is 0 Å². The van der Waals surface area contributed by atoms with Crippen molar-refractivity contribution in [2.45, 2.75) is 67.2 Å². The van der Waals surface area contributed by atoms with Crippen molar-refractivity contribution in [3.63, 3.8) is 0 Å². The van der Waals surface area contributed by atoms with Gasteiger partial charge < -0.3 is 0 Å². The van der Waals surface area contributed by atoms with E-state index in [0.717, 1.165) is 0 Å². The zero-order chi connectivity index (χ0) is 12.5. The fraction of sp³-hybridized carbons (Fsp3) is 0.625. The summed E-state index contributed by atoms with van der Waals surface area (Å²) in [6.45, 7) is 16.0. The van der Waals surface area contributed by atoms with Gasteiger partial charge in [0, 0.05) is 0 Å². The van der Waals surface area contributed by atoms with E-state index >= 15 is 0 Å². The highest BCUT2D eigenvalue weighted by molar-refractivity contribution is 5.51. The van der Waals surface area contributed by atoms with Crippen LogP contribution in [0.3, 0.4) is 0 Å². The zero-order valence-corrected chi connectivity index (χ0v) is 12.0. The molecule has 0 unspecified atom stereocenters. The molecule has 0 aromatic heterocycles. The predicted molar refractivity (Wildman–Crippen MR) is 73.5 cm³/mol. The van der Waals surface area contributed by atoms with E-state index in [9.17, 15) is 0 Å². The van der Waals surface area contributed by atoms with Gasteiger partial charge in [0.1, 0.15) is 0 Å². The van der Waals surface area contributed by atoms with Crippen molar-refractivity contribution in [3.8, 4) is 0 Å². The molecule has 0 heterocycles. The van der Waals surface area contributed by atoms with E-state index in [-0.39, 0.29) is 0 Å². The summed E-state index contributed by atoms with van der Waals surface area (Å²) in [7, 11) is 0. The Morgan fingerprint density at radius 1 is 0.812 bits per heavy atom. The number of hydrogen-bond acceptors (Lipinski definition) is 0. The van der Waals surface area contributed by atoms with Crippen LogP contribution in [0.5, 0.6) is 0 Å². The van der Waals surface area contributed by atoms with Crippen LogP contribution in [0.25, 0.3) is 0 Å². The van der Waals surface area contributed by atoms with Crippen LogP contribution < -0.4 is 0 Å². The Morgan fingerprint density at radius 3 is 1.75 bits per heavy atom. The number of hydrogen-bond donors (Lipinski definition) is 0. The van der Waals surface area contributed by atoms with Gasteiger partial charge in [0.15, 0.2) is 0 Å². The second-order valence-electron chi connectivity index (χ2n) is 5.30. The Kier molecular flexibility index (Phi) is 4.18. The first-order valence-corrected chi connectivity index (χ1v) is 6.50. The fourth-order valence-electron chi connectivity index (χ4n) is 2.77. The minimum absolute atomic E-state index is 0.638. The lowest BCUT2D eigenvalue weighted by Gasteiger charge is -2.23. The summed E-state index contributed by atoms with van der Waals surface area (Å²) in [6.07, 6.45) is 2.46. The average Bonchev–Trinajstić information content (AvgIpc) is 2.23. The molecule has 0 radical (unpaired) electrons. The van der Waals surface area contributed by atoms with Gasteiger partial charge in [-0.15, -0.1) is 0 Å². The minimum Gasteiger partial charge on any atom is -0.0651 e.